The third-order valence-electron chi connectivity index (χ3n) is 5.64. The van der Waals surface area contributed by atoms with Gasteiger partial charge in [-0.2, -0.15) is 17.5 Å². The summed E-state index contributed by atoms with van der Waals surface area (Å²) in [6.07, 6.45) is -2.60. The SMILES string of the molecule is CC(SOO[O-])(C(=O)OC12CC3CC(C1)C(O)C(C3)C2)C(F)(F)F. The number of esters is 1. The molecular formula is C14H18F3O6S-. The van der Waals surface area contributed by atoms with Crippen molar-refractivity contribution >= 4 is 18.0 Å². The Morgan fingerprint density at radius 1 is 1.25 bits per heavy atom. The average molecular weight is 371 g/mol. The molecule has 0 heterocycles. The molecule has 4 rings (SSSR count). The van der Waals surface area contributed by atoms with Gasteiger partial charge in [0.25, 0.3) is 0 Å². The number of aliphatic hydroxyl groups is 1. The lowest BCUT2D eigenvalue weighted by molar-refractivity contribution is -0.777. The van der Waals surface area contributed by atoms with Crippen molar-refractivity contribution in [2.45, 2.75) is 61.7 Å². The highest BCUT2D eigenvalue weighted by atomic mass is 32.2. The standard InChI is InChI=1S/C14H19F3O6S/c1-12(14(15,16)17,24-23-22-20)11(19)21-13-4-7-2-8(5-13)10(18)9(3-7)6-13/h7-10,18,20H,2-6H2,1H3/p-1. The summed E-state index contributed by atoms with van der Waals surface area (Å²) in [5.41, 5.74) is -0.974. The molecule has 10 heteroatoms. The smallest absolute Gasteiger partial charge is 0.415 e. The summed E-state index contributed by atoms with van der Waals surface area (Å²) in [6.45, 7) is 0.592. The minimum atomic E-state index is -4.99. The maximum absolute atomic E-state index is 13.3. The van der Waals surface area contributed by atoms with E-state index in [0.717, 1.165) is 12.8 Å². The Bertz CT molecular complexity index is 499. The quantitative estimate of drug-likeness (QED) is 0.340. The van der Waals surface area contributed by atoms with Crippen LogP contribution in [0.3, 0.4) is 0 Å². The maximum atomic E-state index is 13.3. The van der Waals surface area contributed by atoms with Crippen LogP contribution in [0.15, 0.2) is 0 Å². The third kappa shape index (κ3) is 2.92. The van der Waals surface area contributed by atoms with E-state index in [-0.39, 0.29) is 17.8 Å². The minimum Gasteiger partial charge on any atom is -0.691 e. The molecule has 0 amide bonds. The van der Waals surface area contributed by atoms with Crippen LogP contribution in [0, 0.1) is 17.8 Å². The number of carbonyl (C=O) groups is 1. The van der Waals surface area contributed by atoms with E-state index in [1.54, 1.807) is 0 Å². The summed E-state index contributed by atoms with van der Waals surface area (Å²) in [5.74, 6) is -1.34. The molecule has 4 bridgehead atoms. The highest BCUT2D eigenvalue weighted by molar-refractivity contribution is 7.96. The molecule has 4 aliphatic carbocycles. The number of aliphatic hydroxyl groups excluding tert-OH is 1. The van der Waals surface area contributed by atoms with Crippen LogP contribution in [0.25, 0.3) is 0 Å². The van der Waals surface area contributed by atoms with E-state index in [2.05, 4.69) is 9.37 Å². The van der Waals surface area contributed by atoms with Crippen molar-refractivity contribution in [1.29, 1.82) is 0 Å². The summed E-state index contributed by atoms with van der Waals surface area (Å²) >= 11 is -0.416. The molecule has 4 fully saturated rings. The van der Waals surface area contributed by atoms with Crippen molar-refractivity contribution in [3.05, 3.63) is 0 Å². The molecule has 0 spiro atoms. The summed E-state index contributed by atoms with van der Waals surface area (Å²) in [4.78, 5) is 12.3. The first-order chi connectivity index (χ1) is 11.1. The van der Waals surface area contributed by atoms with Crippen molar-refractivity contribution in [2.24, 2.45) is 17.8 Å². The summed E-state index contributed by atoms with van der Waals surface area (Å²) in [7, 11) is 0. The maximum Gasteiger partial charge on any atom is 0.415 e. The van der Waals surface area contributed by atoms with Crippen molar-refractivity contribution in [3.63, 3.8) is 0 Å². The predicted octanol–water partition coefficient (Wildman–Crippen LogP) is 1.66. The van der Waals surface area contributed by atoms with Gasteiger partial charge in [0.05, 0.1) is 18.1 Å². The number of halogens is 3. The van der Waals surface area contributed by atoms with Gasteiger partial charge < -0.3 is 15.1 Å². The fraction of sp³-hybridized carbons (Fsp3) is 0.929. The van der Waals surface area contributed by atoms with E-state index in [1.807, 2.05) is 0 Å². The Kier molecular flexibility index (Phi) is 4.57. The van der Waals surface area contributed by atoms with Crippen molar-refractivity contribution in [3.8, 4) is 0 Å². The Morgan fingerprint density at radius 2 is 1.83 bits per heavy atom. The van der Waals surface area contributed by atoms with E-state index < -0.39 is 40.6 Å². The molecule has 4 aliphatic rings. The van der Waals surface area contributed by atoms with E-state index in [9.17, 15) is 28.3 Å². The lowest BCUT2D eigenvalue weighted by atomic mass is 9.53. The van der Waals surface area contributed by atoms with Crippen LogP contribution in [0.1, 0.15) is 39.0 Å². The molecule has 0 aromatic rings. The molecule has 0 saturated heterocycles. The van der Waals surface area contributed by atoms with Crippen LogP contribution >= 0.6 is 12.0 Å². The van der Waals surface area contributed by atoms with Crippen molar-refractivity contribution in [2.75, 3.05) is 0 Å². The van der Waals surface area contributed by atoms with Gasteiger partial charge in [-0.25, -0.2) is 0 Å². The van der Waals surface area contributed by atoms with Gasteiger partial charge in [-0.15, -0.1) is 0 Å². The first-order valence-corrected chi connectivity index (χ1v) is 8.47. The second kappa shape index (κ2) is 6.01. The van der Waals surface area contributed by atoms with E-state index in [0.29, 0.717) is 26.2 Å². The largest absolute Gasteiger partial charge is 0.691 e. The number of rotatable bonds is 5. The van der Waals surface area contributed by atoms with Crippen LogP contribution < -0.4 is 5.26 Å². The van der Waals surface area contributed by atoms with Gasteiger partial charge in [0.2, 0.25) is 4.75 Å². The number of alkyl halides is 3. The molecule has 0 aliphatic heterocycles. The third-order valence-corrected chi connectivity index (χ3v) is 6.49. The van der Waals surface area contributed by atoms with E-state index in [1.165, 1.54) is 0 Å². The topological polar surface area (TPSA) is 88.0 Å². The van der Waals surface area contributed by atoms with Crippen LogP contribution in [0.2, 0.25) is 0 Å². The molecule has 6 nitrogen and oxygen atoms in total. The zero-order chi connectivity index (χ0) is 17.8. The summed E-state index contributed by atoms with van der Waals surface area (Å²) < 4.78 is 46.0. The van der Waals surface area contributed by atoms with Crippen LogP contribution in [0.4, 0.5) is 13.2 Å². The van der Waals surface area contributed by atoms with Gasteiger partial charge in [-0.1, -0.05) is 0 Å². The average Bonchev–Trinajstić information content (AvgIpc) is 2.47. The molecule has 1 N–H and O–H groups in total. The Morgan fingerprint density at radius 3 is 2.33 bits per heavy atom. The molecule has 24 heavy (non-hydrogen) atoms. The van der Waals surface area contributed by atoms with Gasteiger partial charge in [0.15, 0.2) is 0 Å². The first-order valence-electron chi connectivity index (χ1n) is 7.73. The minimum absolute atomic E-state index is 0.0462. The predicted molar refractivity (Wildman–Crippen MR) is 72.6 cm³/mol. The van der Waals surface area contributed by atoms with Crippen LogP contribution in [-0.2, 0) is 18.9 Å². The molecule has 0 aromatic carbocycles. The fourth-order valence-electron chi connectivity index (χ4n) is 4.62. The number of ether oxygens (including phenoxy) is 1. The lowest BCUT2D eigenvalue weighted by Gasteiger charge is -2.58. The number of carbonyl (C=O) groups excluding carboxylic acids is 1. The molecular weight excluding hydrogens is 353 g/mol. The fourth-order valence-corrected chi connectivity index (χ4v) is 4.99. The molecule has 3 atom stereocenters. The van der Waals surface area contributed by atoms with Gasteiger partial charge in [-0.3, -0.25) is 9.83 Å². The van der Waals surface area contributed by atoms with Gasteiger partial charge in [0, 0.05) is 0 Å². The Labute approximate surface area is 140 Å². The van der Waals surface area contributed by atoms with Gasteiger partial charge in [-0.05, 0) is 56.8 Å². The van der Waals surface area contributed by atoms with Crippen LogP contribution in [-0.4, -0.2) is 33.7 Å². The number of hydrogen-bond donors (Lipinski definition) is 1. The number of hydrogen-bond acceptors (Lipinski definition) is 7. The molecule has 3 unspecified atom stereocenters. The first kappa shape index (κ1) is 18.2. The van der Waals surface area contributed by atoms with Crippen LogP contribution in [0.5, 0.6) is 0 Å². The second-order valence-corrected chi connectivity index (χ2v) is 8.40. The Hall–Kier alpha value is -0.550. The van der Waals surface area contributed by atoms with E-state index >= 15 is 0 Å². The summed E-state index contributed by atoms with van der Waals surface area (Å²) in [6, 6.07) is 0. The monoisotopic (exact) mass is 371 g/mol. The lowest BCUT2D eigenvalue weighted by Crippen LogP contribution is -2.60. The summed E-state index contributed by atoms with van der Waals surface area (Å²) in [5, 5.41) is 23.0. The molecule has 138 valence electrons. The zero-order valence-corrected chi connectivity index (χ0v) is 13.7. The second-order valence-electron chi connectivity index (χ2n) is 7.28. The zero-order valence-electron chi connectivity index (χ0n) is 12.9. The van der Waals surface area contributed by atoms with Crippen molar-refractivity contribution in [1.82, 2.24) is 0 Å². The highest BCUT2D eigenvalue weighted by Gasteiger charge is 2.64. The normalized spacial score (nSPS) is 40.4. The van der Waals surface area contributed by atoms with E-state index in [4.69, 9.17) is 4.74 Å². The molecule has 4 saturated carbocycles. The van der Waals surface area contributed by atoms with Gasteiger partial charge >= 0.3 is 12.1 Å². The van der Waals surface area contributed by atoms with Crippen molar-refractivity contribution < 1.29 is 42.4 Å². The Balaban J connectivity index is 1.78. The molecule has 0 aromatic heterocycles. The van der Waals surface area contributed by atoms with Gasteiger partial charge in [0.1, 0.15) is 5.60 Å². The highest BCUT2D eigenvalue weighted by Crippen LogP contribution is 2.58. The molecule has 0 radical (unpaired) electrons.